The molecule has 17 heavy (non-hydrogen) atoms. The van der Waals surface area contributed by atoms with Gasteiger partial charge in [0.1, 0.15) is 0 Å². The van der Waals surface area contributed by atoms with Crippen molar-refractivity contribution in [2.45, 2.75) is 6.10 Å². The topological polar surface area (TPSA) is 50.4 Å². The van der Waals surface area contributed by atoms with E-state index in [1.165, 1.54) is 0 Å². The minimum Gasteiger partial charge on any atom is -0.374 e. The van der Waals surface area contributed by atoms with Crippen LogP contribution < -0.4 is 10.6 Å². The molecule has 92 valence electrons. The monoisotopic (exact) mass is 252 g/mol. The smallest absolute Gasteiger partial charge is 0.244 e. The molecule has 5 heteroatoms. The fourth-order valence-electron chi connectivity index (χ4n) is 1.57. The maximum atomic E-state index is 11.5. The van der Waals surface area contributed by atoms with Crippen LogP contribution in [0.3, 0.4) is 0 Å². The molecule has 0 aromatic carbocycles. The molecular formula is C12H16N2O2S. The van der Waals surface area contributed by atoms with Gasteiger partial charge < -0.3 is 15.4 Å². The van der Waals surface area contributed by atoms with Gasteiger partial charge in [-0.25, -0.2) is 0 Å². The predicted molar refractivity (Wildman–Crippen MR) is 69.0 cm³/mol. The maximum Gasteiger partial charge on any atom is 0.244 e. The van der Waals surface area contributed by atoms with Crippen LogP contribution in [0.4, 0.5) is 0 Å². The second-order valence-corrected chi connectivity index (χ2v) is 4.77. The summed E-state index contributed by atoms with van der Waals surface area (Å²) < 4.78 is 5.48. The van der Waals surface area contributed by atoms with Gasteiger partial charge in [-0.15, -0.1) is 11.3 Å². The first-order chi connectivity index (χ1) is 8.34. The largest absolute Gasteiger partial charge is 0.374 e. The average Bonchev–Trinajstić information content (AvgIpc) is 2.88. The number of carbonyl (C=O) groups excluding carboxylic acids is 1. The number of morpholine rings is 1. The van der Waals surface area contributed by atoms with E-state index in [4.69, 9.17) is 4.74 Å². The van der Waals surface area contributed by atoms with E-state index in [9.17, 15) is 4.79 Å². The zero-order valence-electron chi connectivity index (χ0n) is 9.52. The molecule has 2 rings (SSSR count). The summed E-state index contributed by atoms with van der Waals surface area (Å²) in [5.41, 5.74) is 0. The summed E-state index contributed by atoms with van der Waals surface area (Å²) in [5, 5.41) is 8.03. The maximum absolute atomic E-state index is 11.5. The molecule has 2 N–H and O–H groups in total. The van der Waals surface area contributed by atoms with Crippen molar-refractivity contribution in [2.24, 2.45) is 0 Å². The summed E-state index contributed by atoms with van der Waals surface area (Å²) in [4.78, 5) is 12.6. The number of hydrogen-bond acceptors (Lipinski definition) is 4. The van der Waals surface area contributed by atoms with Gasteiger partial charge in [0.15, 0.2) is 0 Å². The van der Waals surface area contributed by atoms with Gasteiger partial charge in [-0.3, -0.25) is 4.79 Å². The van der Waals surface area contributed by atoms with E-state index in [0.29, 0.717) is 13.2 Å². The highest BCUT2D eigenvalue weighted by Gasteiger charge is 2.13. The Kier molecular flexibility index (Phi) is 4.73. The highest BCUT2D eigenvalue weighted by atomic mass is 32.1. The average molecular weight is 252 g/mol. The molecule has 1 fully saturated rings. The first-order valence-electron chi connectivity index (χ1n) is 5.66. The van der Waals surface area contributed by atoms with Crippen molar-refractivity contribution >= 4 is 23.3 Å². The number of thiophene rings is 1. The molecule has 4 nitrogen and oxygen atoms in total. The number of rotatable bonds is 4. The quantitative estimate of drug-likeness (QED) is 0.782. The fourth-order valence-corrected chi connectivity index (χ4v) is 2.19. The molecule has 1 saturated heterocycles. The third kappa shape index (κ3) is 4.30. The molecule has 1 aliphatic rings. The van der Waals surface area contributed by atoms with E-state index in [0.717, 1.165) is 18.0 Å². The van der Waals surface area contributed by atoms with Crippen LogP contribution in [0.15, 0.2) is 23.6 Å². The van der Waals surface area contributed by atoms with Gasteiger partial charge in [-0.1, -0.05) is 6.07 Å². The Morgan fingerprint density at radius 2 is 2.65 bits per heavy atom. The molecule has 1 amide bonds. The number of nitrogens with one attached hydrogen (secondary N) is 2. The lowest BCUT2D eigenvalue weighted by Gasteiger charge is -2.23. The van der Waals surface area contributed by atoms with Crippen LogP contribution in [0, 0.1) is 0 Å². The van der Waals surface area contributed by atoms with Crippen molar-refractivity contribution in [3.05, 3.63) is 28.5 Å². The molecule has 1 atom stereocenters. The predicted octanol–water partition coefficient (Wildman–Crippen LogP) is 0.866. The number of amides is 1. The molecule has 1 aliphatic heterocycles. The minimum atomic E-state index is -0.0763. The summed E-state index contributed by atoms with van der Waals surface area (Å²) in [6.07, 6.45) is 3.46. The fraction of sp³-hybridized carbons (Fsp3) is 0.417. The van der Waals surface area contributed by atoms with Gasteiger partial charge in [-0.05, 0) is 17.5 Å². The standard InChI is InChI=1S/C12H16N2O2S/c15-12(4-3-11-2-1-7-17-11)14-9-10-8-13-5-6-16-10/h1-4,7,10,13H,5-6,8-9H2,(H,14,15)/b4-3+. The molecule has 1 unspecified atom stereocenters. The Morgan fingerprint density at radius 3 is 3.35 bits per heavy atom. The number of carbonyl (C=O) groups is 1. The first kappa shape index (κ1) is 12.3. The van der Waals surface area contributed by atoms with E-state index in [1.54, 1.807) is 17.4 Å². The van der Waals surface area contributed by atoms with Gasteiger partial charge in [0, 0.05) is 30.6 Å². The third-order valence-electron chi connectivity index (χ3n) is 2.45. The van der Waals surface area contributed by atoms with Crippen molar-refractivity contribution in [1.82, 2.24) is 10.6 Å². The lowest BCUT2D eigenvalue weighted by molar-refractivity contribution is -0.117. The van der Waals surface area contributed by atoms with Crippen molar-refractivity contribution in [3.8, 4) is 0 Å². The van der Waals surface area contributed by atoms with Crippen molar-refractivity contribution in [3.63, 3.8) is 0 Å². The summed E-state index contributed by atoms with van der Waals surface area (Å²) in [5.74, 6) is -0.0763. The zero-order chi connectivity index (χ0) is 11.9. The summed E-state index contributed by atoms with van der Waals surface area (Å²) >= 11 is 1.61. The molecule has 0 aliphatic carbocycles. The lowest BCUT2D eigenvalue weighted by atomic mass is 10.3. The van der Waals surface area contributed by atoms with Gasteiger partial charge in [0.2, 0.25) is 5.91 Å². The van der Waals surface area contributed by atoms with Crippen molar-refractivity contribution in [1.29, 1.82) is 0 Å². The highest BCUT2D eigenvalue weighted by Crippen LogP contribution is 2.09. The van der Waals surface area contributed by atoms with Crippen LogP contribution in [0.5, 0.6) is 0 Å². The summed E-state index contributed by atoms with van der Waals surface area (Å²) in [7, 11) is 0. The second kappa shape index (κ2) is 6.54. The Labute approximate surface area is 105 Å². The molecule has 0 spiro atoms. The number of ether oxygens (including phenoxy) is 1. The van der Waals surface area contributed by atoms with E-state index in [1.807, 2.05) is 23.6 Å². The SMILES string of the molecule is O=C(/C=C/c1cccs1)NCC1CNCCO1. The third-order valence-corrected chi connectivity index (χ3v) is 3.29. The van der Waals surface area contributed by atoms with Crippen LogP contribution in [-0.4, -0.2) is 38.3 Å². The Bertz CT molecular complexity index is 370. The second-order valence-electron chi connectivity index (χ2n) is 3.79. The van der Waals surface area contributed by atoms with Gasteiger partial charge in [0.05, 0.1) is 12.7 Å². The molecule has 0 saturated carbocycles. The summed E-state index contributed by atoms with van der Waals surface area (Å²) in [6.45, 7) is 2.96. The van der Waals surface area contributed by atoms with Crippen LogP contribution in [0.25, 0.3) is 6.08 Å². The van der Waals surface area contributed by atoms with Crippen LogP contribution in [-0.2, 0) is 9.53 Å². The Morgan fingerprint density at radius 1 is 1.71 bits per heavy atom. The Balaban J connectivity index is 1.70. The molecule has 2 heterocycles. The lowest BCUT2D eigenvalue weighted by Crippen LogP contribution is -2.44. The van der Waals surface area contributed by atoms with E-state index in [-0.39, 0.29) is 12.0 Å². The van der Waals surface area contributed by atoms with E-state index >= 15 is 0 Å². The number of hydrogen-bond donors (Lipinski definition) is 2. The molecule has 1 aromatic rings. The van der Waals surface area contributed by atoms with Crippen LogP contribution >= 0.6 is 11.3 Å². The van der Waals surface area contributed by atoms with Crippen molar-refractivity contribution in [2.75, 3.05) is 26.2 Å². The Hall–Kier alpha value is -1.17. The molecule has 0 radical (unpaired) electrons. The van der Waals surface area contributed by atoms with Crippen molar-refractivity contribution < 1.29 is 9.53 Å². The minimum absolute atomic E-state index is 0.0763. The van der Waals surface area contributed by atoms with Gasteiger partial charge in [0.25, 0.3) is 0 Å². The highest BCUT2D eigenvalue weighted by molar-refractivity contribution is 7.10. The molecule has 0 bridgehead atoms. The first-order valence-corrected chi connectivity index (χ1v) is 6.54. The van der Waals surface area contributed by atoms with Crippen LogP contribution in [0.2, 0.25) is 0 Å². The van der Waals surface area contributed by atoms with E-state index < -0.39 is 0 Å². The van der Waals surface area contributed by atoms with Gasteiger partial charge >= 0.3 is 0 Å². The molecular weight excluding hydrogens is 236 g/mol. The van der Waals surface area contributed by atoms with Crippen LogP contribution in [0.1, 0.15) is 4.88 Å². The van der Waals surface area contributed by atoms with E-state index in [2.05, 4.69) is 10.6 Å². The van der Waals surface area contributed by atoms with Gasteiger partial charge in [-0.2, -0.15) is 0 Å². The normalized spacial score (nSPS) is 20.6. The molecule has 1 aromatic heterocycles. The zero-order valence-corrected chi connectivity index (χ0v) is 10.3. The summed E-state index contributed by atoms with van der Waals surface area (Å²) in [6, 6.07) is 3.94.